The van der Waals surface area contributed by atoms with Gasteiger partial charge in [-0.2, -0.15) is 13.2 Å². The van der Waals surface area contributed by atoms with Gasteiger partial charge in [0.1, 0.15) is 0 Å². The Morgan fingerprint density at radius 2 is 1.71 bits per heavy atom. The molecule has 1 aromatic rings. The molecule has 6 heteroatoms. The van der Waals surface area contributed by atoms with E-state index in [-0.39, 0.29) is 0 Å². The number of nitrogens with two attached hydrogens (primary N) is 1. The lowest BCUT2D eigenvalue weighted by Crippen LogP contribution is -2.56. The first-order valence-corrected chi connectivity index (χ1v) is 7.35. The Hall–Kier alpha value is -1.27. The molecular formula is C15H20F3N3. The molecule has 2 fully saturated rings. The van der Waals surface area contributed by atoms with Gasteiger partial charge in [-0.1, -0.05) is 6.07 Å². The van der Waals surface area contributed by atoms with Crippen molar-refractivity contribution < 1.29 is 13.2 Å². The van der Waals surface area contributed by atoms with Crippen LogP contribution < -0.4 is 10.6 Å². The summed E-state index contributed by atoms with van der Waals surface area (Å²) in [5, 5.41) is 0. The van der Waals surface area contributed by atoms with Gasteiger partial charge >= 0.3 is 6.18 Å². The second-order valence-corrected chi connectivity index (χ2v) is 5.96. The van der Waals surface area contributed by atoms with Crippen molar-refractivity contribution >= 4 is 5.69 Å². The second kappa shape index (κ2) is 5.50. The molecule has 2 N–H and O–H groups in total. The van der Waals surface area contributed by atoms with Gasteiger partial charge in [-0.25, -0.2) is 0 Å². The van der Waals surface area contributed by atoms with Crippen LogP contribution in [0.15, 0.2) is 24.3 Å². The molecule has 21 heavy (non-hydrogen) atoms. The van der Waals surface area contributed by atoms with Crippen LogP contribution in [0.3, 0.4) is 0 Å². The van der Waals surface area contributed by atoms with Crippen LogP contribution in [-0.4, -0.2) is 43.2 Å². The summed E-state index contributed by atoms with van der Waals surface area (Å²) in [7, 11) is 0. The summed E-state index contributed by atoms with van der Waals surface area (Å²) in [6, 6.07) is 6.50. The molecule has 3 nitrogen and oxygen atoms in total. The Kier molecular flexibility index (Phi) is 3.84. The Balaban J connectivity index is 1.62. The minimum absolute atomic E-state index is 0.330. The Morgan fingerprint density at radius 1 is 1.05 bits per heavy atom. The van der Waals surface area contributed by atoms with Gasteiger partial charge in [-0.05, 0) is 31.0 Å². The SMILES string of the molecule is NC1CC(N2CCN(c3cccc(C(F)(F)F)c3)CC2)C1. The predicted molar refractivity (Wildman–Crippen MR) is 76.2 cm³/mol. The lowest BCUT2D eigenvalue weighted by atomic mass is 9.86. The van der Waals surface area contributed by atoms with E-state index < -0.39 is 11.7 Å². The standard InChI is InChI=1S/C15H20F3N3/c16-15(17,18)11-2-1-3-13(8-11)20-4-6-21(7-5-20)14-9-12(19)10-14/h1-3,8,12,14H,4-7,9-10,19H2. The fraction of sp³-hybridized carbons (Fsp3) is 0.600. The first-order valence-electron chi connectivity index (χ1n) is 7.35. The summed E-state index contributed by atoms with van der Waals surface area (Å²) in [6.45, 7) is 3.33. The van der Waals surface area contributed by atoms with Gasteiger partial charge in [-0.15, -0.1) is 0 Å². The maximum Gasteiger partial charge on any atom is 0.416 e. The van der Waals surface area contributed by atoms with E-state index in [1.807, 2.05) is 4.90 Å². The van der Waals surface area contributed by atoms with Gasteiger partial charge in [0.25, 0.3) is 0 Å². The molecule has 1 aliphatic carbocycles. The smallest absolute Gasteiger partial charge is 0.369 e. The highest BCUT2D eigenvalue weighted by Gasteiger charge is 2.34. The highest BCUT2D eigenvalue weighted by atomic mass is 19.4. The Morgan fingerprint density at radius 3 is 2.29 bits per heavy atom. The number of benzene rings is 1. The third kappa shape index (κ3) is 3.16. The molecule has 1 heterocycles. The van der Waals surface area contributed by atoms with Crippen LogP contribution in [0.4, 0.5) is 18.9 Å². The molecule has 0 aromatic heterocycles. The summed E-state index contributed by atoms with van der Waals surface area (Å²) in [6.07, 6.45) is -2.19. The molecule has 1 aromatic carbocycles. The van der Waals surface area contributed by atoms with Crippen molar-refractivity contribution in [3.8, 4) is 0 Å². The molecule has 0 radical (unpaired) electrons. The van der Waals surface area contributed by atoms with Crippen molar-refractivity contribution in [2.75, 3.05) is 31.1 Å². The molecule has 0 unspecified atom stereocenters. The average molecular weight is 299 g/mol. The first-order chi connectivity index (χ1) is 9.93. The Labute approximate surface area is 122 Å². The van der Waals surface area contributed by atoms with Gasteiger partial charge in [0.05, 0.1) is 5.56 Å². The fourth-order valence-corrected chi connectivity index (χ4v) is 3.15. The van der Waals surface area contributed by atoms with Crippen molar-refractivity contribution in [2.24, 2.45) is 5.73 Å². The molecule has 0 atom stereocenters. The molecule has 1 saturated heterocycles. The van der Waals surface area contributed by atoms with Crippen LogP contribution in [0.2, 0.25) is 0 Å². The van der Waals surface area contributed by atoms with E-state index in [9.17, 15) is 13.2 Å². The summed E-state index contributed by atoms with van der Waals surface area (Å²) in [4.78, 5) is 4.44. The maximum absolute atomic E-state index is 12.8. The molecule has 3 rings (SSSR count). The maximum atomic E-state index is 12.8. The number of alkyl halides is 3. The number of rotatable bonds is 2. The minimum Gasteiger partial charge on any atom is -0.369 e. The van der Waals surface area contributed by atoms with Crippen LogP contribution >= 0.6 is 0 Å². The molecule has 116 valence electrons. The quantitative estimate of drug-likeness (QED) is 0.909. The van der Waals surface area contributed by atoms with Crippen LogP contribution in [0.5, 0.6) is 0 Å². The molecule has 1 aliphatic heterocycles. The first kappa shape index (κ1) is 14.7. The van der Waals surface area contributed by atoms with E-state index in [0.29, 0.717) is 17.8 Å². The minimum atomic E-state index is -4.28. The summed E-state index contributed by atoms with van der Waals surface area (Å²) in [5.41, 5.74) is 5.89. The number of anilines is 1. The van der Waals surface area contributed by atoms with Crippen molar-refractivity contribution in [2.45, 2.75) is 31.1 Å². The number of hydrogen-bond donors (Lipinski definition) is 1. The van der Waals surface area contributed by atoms with E-state index in [0.717, 1.165) is 45.1 Å². The molecule has 0 bridgehead atoms. The van der Waals surface area contributed by atoms with Gasteiger partial charge < -0.3 is 10.6 Å². The van der Waals surface area contributed by atoms with Crippen molar-refractivity contribution in [3.05, 3.63) is 29.8 Å². The third-order valence-corrected chi connectivity index (χ3v) is 4.52. The lowest BCUT2D eigenvalue weighted by molar-refractivity contribution is -0.137. The van der Waals surface area contributed by atoms with Gasteiger partial charge in [-0.3, -0.25) is 4.90 Å². The monoisotopic (exact) mass is 299 g/mol. The molecule has 0 spiro atoms. The van der Waals surface area contributed by atoms with Crippen LogP contribution in [0.25, 0.3) is 0 Å². The highest BCUT2D eigenvalue weighted by Crippen LogP contribution is 2.32. The second-order valence-electron chi connectivity index (χ2n) is 5.96. The zero-order valence-electron chi connectivity index (χ0n) is 11.8. The lowest BCUT2D eigenvalue weighted by Gasteiger charge is -2.46. The van der Waals surface area contributed by atoms with E-state index in [1.54, 1.807) is 6.07 Å². The van der Waals surface area contributed by atoms with Crippen molar-refractivity contribution in [3.63, 3.8) is 0 Å². The number of piperazine rings is 1. The zero-order chi connectivity index (χ0) is 15.0. The molecule has 1 saturated carbocycles. The number of hydrogen-bond acceptors (Lipinski definition) is 3. The summed E-state index contributed by atoms with van der Waals surface area (Å²) < 4.78 is 38.3. The highest BCUT2D eigenvalue weighted by molar-refractivity contribution is 5.49. The van der Waals surface area contributed by atoms with E-state index >= 15 is 0 Å². The van der Waals surface area contributed by atoms with E-state index in [1.165, 1.54) is 12.1 Å². The van der Waals surface area contributed by atoms with E-state index in [4.69, 9.17) is 5.73 Å². The van der Waals surface area contributed by atoms with Crippen molar-refractivity contribution in [1.82, 2.24) is 4.90 Å². The van der Waals surface area contributed by atoms with Crippen LogP contribution in [0, 0.1) is 0 Å². The Bertz CT molecular complexity index is 489. The summed E-state index contributed by atoms with van der Waals surface area (Å²) in [5.74, 6) is 0. The normalized spacial score (nSPS) is 27.5. The fourth-order valence-electron chi connectivity index (χ4n) is 3.15. The third-order valence-electron chi connectivity index (χ3n) is 4.52. The number of halogens is 3. The molecule has 0 amide bonds. The van der Waals surface area contributed by atoms with Crippen molar-refractivity contribution in [1.29, 1.82) is 0 Å². The van der Waals surface area contributed by atoms with E-state index in [2.05, 4.69) is 4.90 Å². The van der Waals surface area contributed by atoms with Gasteiger partial charge in [0.15, 0.2) is 0 Å². The zero-order valence-corrected chi connectivity index (χ0v) is 11.8. The number of nitrogens with zero attached hydrogens (tertiary/aromatic N) is 2. The van der Waals surface area contributed by atoms with Crippen LogP contribution in [0.1, 0.15) is 18.4 Å². The molecule has 2 aliphatic rings. The topological polar surface area (TPSA) is 32.5 Å². The molecular weight excluding hydrogens is 279 g/mol. The average Bonchev–Trinajstić information content (AvgIpc) is 2.43. The summed E-state index contributed by atoms with van der Waals surface area (Å²) >= 11 is 0. The van der Waals surface area contributed by atoms with Gasteiger partial charge in [0, 0.05) is 44.0 Å². The largest absolute Gasteiger partial charge is 0.416 e. The predicted octanol–water partition coefficient (Wildman–Crippen LogP) is 2.32. The van der Waals surface area contributed by atoms with Crippen LogP contribution in [-0.2, 0) is 6.18 Å². The van der Waals surface area contributed by atoms with Gasteiger partial charge in [0.2, 0.25) is 0 Å².